The van der Waals surface area contributed by atoms with Gasteiger partial charge in [-0.25, -0.2) is 0 Å². The predicted octanol–water partition coefficient (Wildman–Crippen LogP) is 10.4. The summed E-state index contributed by atoms with van der Waals surface area (Å²) in [5.74, 6) is -3.62. The Hall–Kier alpha value is -6.72. The van der Waals surface area contributed by atoms with Gasteiger partial charge in [-0.15, -0.1) is 23.2 Å². The Kier molecular flexibility index (Phi) is 17.0. The molecule has 4 N–H and O–H groups in total. The zero-order valence-corrected chi connectivity index (χ0v) is 37.4. The van der Waals surface area contributed by atoms with Gasteiger partial charge in [-0.05, 0) is 85.6 Å². The van der Waals surface area contributed by atoms with Crippen LogP contribution in [-0.2, 0) is 30.9 Å². The van der Waals surface area contributed by atoms with Crippen LogP contribution in [0.4, 0.5) is 34.1 Å². The van der Waals surface area contributed by atoms with E-state index in [-0.39, 0.29) is 55.4 Å². The van der Waals surface area contributed by atoms with E-state index in [0.717, 1.165) is 25.0 Å². The first-order valence-corrected chi connectivity index (χ1v) is 20.7. The first-order chi connectivity index (χ1) is 30.6. The lowest BCUT2D eigenvalue weighted by Crippen LogP contribution is -2.32. The van der Waals surface area contributed by atoms with Crippen molar-refractivity contribution in [3.63, 3.8) is 0 Å². The third kappa shape index (κ3) is 12.7. The predicted molar refractivity (Wildman–Crippen MR) is 246 cm³/mol. The molecular formula is C44H38Cl4N8O8. The molecule has 5 aromatic rings. The molecule has 5 rings (SSSR count). The summed E-state index contributed by atoms with van der Waals surface area (Å²) in [6.07, 6.45) is 0. The molecule has 0 saturated carbocycles. The number of azo groups is 2. The van der Waals surface area contributed by atoms with E-state index < -0.39 is 47.3 Å². The summed E-state index contributed by atoms with van der Waals surface area (Å²) in [6.45, 7) is 2.29. The maximum absolute atomic E-state index is 13.5. The first-order valence-electron chi connectivity index (χ1n) is 18.9. The number of carbonyl (C=O) groups is 6. The highest BCUT2D eigenvalue weighted by atomic mass is 35.5. The van der Waals surface area contributed by atoms with Gasteiger partial charge in [0.1, 0.15) is 17.2 Å². The van der Waals surface area contributed by atoms with Crippen LogP contribution in [0.5, 0.6) is 11.5 Å². The van der Waals surface area contributed by atoms with Crippen molar-refractivity contribution in [2.45, 2.75) is 37.7 Å². The number of hydrogen-bond donors (Lipinski definition) is 4. The van der Waals surface area contributed by atoms with Gasteiger partial charge in [-0.2, -0.15) is 20.5 Å². The average molecular weight is 949 g/mol. The zero-order valence-electron chi connectivity index (χ0n) is 34.4. The minimum atomic E-state index is -1.66. The van der Waals surface area contributed by atoms with Crippen molar-refractivity contribution < 1.29 is 38.2 Å². The van der Waals surface area contributed by atoms with Crippen LogP contribution in [0.25, 0.3) is 0 Å². The van der Waals surface area contributed by atoms with Crippen LogP contribution in [0.15, 0.2) is 118 Å². The molecule has 0 aliphatic rings. The van der Waals surface area contributed by atoms with E-state index in [1.165, 1.54) is 62.8 Å². The standard InChI is InChI=1S/C44H38Cl4N8O8/c1-23(57)38(55-53-29-13-15-34(47)32(17-29)41(59)49-27-9-5-25(21-45)6-10-27)43(61)51-31-19-36(63-3)40(37(20-31)64-4)52-44(62)39(24(2)58)56-54-30-14-16-35(48)33(18-30)42(60)50-28-11-7-26(22-46)8-12-28/h5-20,38-39H,21-22H2,1-4H3,(H,49,59)(H,50,60)(H,51,61)(H,52,62). The number of ketones is 2. The molecule has 0 aliphatic heterocycles. The average Bonchev–Trinajstić information content (AvgIpc) is 3.28. The Morgan fingerprint density at radius 3 is 1.28 bits per heavy atom. The first kappa shape index (κ1) is 48.3. The van der Waals surface area contributed by atoms with Crippen LogP contribution in [0, 0.1) is 0 Å². The molecular weight excluding hydrogens is 910 g/mol. The van der Waals surface area contributed by atoms with Crippen molar-refractivity contribution in [2.24, 2.45) is 20.5 Å². The molecule has 64 heavy (non-hydrogen) atoms. The number of halogens is 4. The second kappa shape index (κ2) is 22.6. The van der Waals surface area contributed by atoms with Gasteiger partial charge < -0.3 is 30.7 Å². The number of methoxy groups -OCH3 is 2. The molecule has 330 valence electrons. The van der Waals surface area contributed by atoms with Gasteiger partial charge in [0, 0.05) is 41.0 Å². The molecule has 0 spiro atoms. The Morgan fingerprint density at radius 1 is 0.531 bits per heavy atom. The molecule has 0 aromatic heterocycles. The van der Waals surface area contributed by atoms with Crippen molar-refractivity contribution in [3.05, 3.63) is 129 Å². The molecule has 0 fully saturated rings. The number of hydrogen-bond acceptors (Lipinski definition) is 12. The topological polar surface area (TPSA) is 218 Å². The lowest BCUT2D eigenvalue weighted by molar-refractivity contribution is -0.127. The Bertz CT molecular complexity index is 2620. The number of alkyl halides is 2. The fourth-order valence-corrected chi connectivity index (χ4v) is 6.41. The highest BCUT2D eigenvalue weighted by Gasteiger charge is 2.28. The minimum absolute atomic E-state index is 0.0177. The van der Waals surface area contributed by atoms with Crippen molar-refractivity contribution in [2.75, 3.05) is 35.5 Å². The fraction of sp³-hybridized carbons (Fsp3) is 0.182. The number of nitrogens with zero attached hydrogens (tertiary/aromatic N) is 4. The zero-order chi connectivity index (χ0) is 46.5. The van der Waals surface area contributed by atoms with Crippen molar-refractivity contribution in [3.8, 4) is 11.5 Å². The Morgan fingerprint density at radius 2 is 0.922 bits per heavy atom. The van der Waals surface area contributed by atoms with Crippen LogP contribution >= 0.6 is 46.4 Å². The van der Waals surface area contributed by atoms with Gasteiger partial charge in [0.15, 0.2) is 11.6 Å². The SMILES string of the molecule is COc1cc(NC(=O)C(N=Nc2ccc(Cl)c(C(=O)Nc3ccc(CCl)cc3)c2)C(C)=O)cc(OC)c1NC(=O)C(N=Nc1ccc(Cl)c(C(=O)Nc2ccc(CCl)cc2)c1)C(C)=O. The lowest BCUT2D eigenvalue weighted by atomic mass is 10.1. The summed E-state index contributed by atoms with van der Waals surface area (Å²) in [6, 6.07) is 21.6. The number of carbonyl (C=O) groups excluding carboxylic acids is 6. The number of ether oxygens (including phenoxy) is 2. The van der Waals surface area contributed by atoms with Crippen LogP contribution in [0.1, 0.15) is 45.7 Å². The van der Waals surface area contributed by atoms with E-state index in [9.17, 15) is 28.8 Å². The molecule has 2 unspecified atom stereocenters. The van der Waals surface area contributed by atoms with E-state index in [1.54, 1.807) is 48.5 Å². The van der Waals surface area contributed by atoms with E-state index in [4.69, 9.17) is 55.9 Å². The molecule has 16 nitrogen and oxygen atoms in total. The number of benzene rings is 5. The highest BCUT2D eigenvalue weighted by Crippen LogP contribution is 2.38. The second-order valence-corrected chi connectivity index (χ2v) is 14.9. The van der Waals surface area contributed by atoms with Gasteiger partial charge >= 0.3 is 0 Å². The quantitative estimate of drug-likeness (QED) is 0.0375. The number of anilines is 4. The number of Topliss-reactive ketones (excluding diaryl/α,β-unsaturated/α-hetero) is 2. The summed E-state index contributed by atoms with van der Waals surface area (Å²) < 4.78 is 11.0. The van der Waals surface area contributed by atoms with Crippen molar-refractivity contribution >= 4 is 116 Å². The van der Waals surface area contributed by atoms with E-state index in [1.807, 2.05) is 0 Å². The van der Waals surface area contributed by atoms with Crippen molar-refractivity contribution in [1.29, 1.82) is 0 Å². The third-order valence-corrected chi connectivity index (χ3v) is 10.3. The largest absolute Gasteiger partial charge is 0.494 e. The van der Waals surface area contributed by atoms with Crippen LogP contribution in [-0.4, -0.2) is 61.5 Å². The molecule has 20 heteroatoms. The molecule has 0 aliphatic carbocycles. The van der Waals surface area contributed by atoms with Crippen LogP contribution in [0.2, 0.25) is 10.0 Å². The van der Waals surface area contributed by atoms with Gasteiger partial charge in [0.25, 0.3) is 23.6 Å². The molecule has 0 heterocycles. The van der Waals surface area contributed by atoms with E-state index in [2.05, 4.69) is 41.7 Å². The molecule has 0 bridgehead atoms. The minimum Gasteiger partial charge on any atom is -0.494 e. The summed E-state index contributed by atoms with van der Waals surface area (Å²) in [5.41, 5.74) is 3.15. The number of amides is 4. The van der Waals surface area contributed by atoms with Gasteiger partial charge in [-0.1, -0.05) is 47.5 Å². The smallest absolute Gasteiger partial charge is 0.259 e. The molecule has 5 aromatic carbocycles. The van der Waals surface area contributed by atoms with Crippen molar-refractivity contribution in [1.82, 2.24) is 0 Å². The monoisotopic (exact) mass is 946 g/mol. The van der Waals surface area contributed by atoms with E-state index in [0.29, 0.717) is 23.1 Å². The Labute approximate surface area is 386 Å². The van der Waals surface area contributed by atoms with Gasteiger partial charge in [0.05, 0.1) is 46.8 Å². The number of rotatable bonds is 18. The normalized spacial score (nSPS) is 12.0. The summed E-state index contributed by atoms with van der Waals surface area (Å²) >= 11 is 24.3. The summed E-state index contributed by atoms with van der Waals surface area (Å²) in [5, 5.41) is 26.9. The molecule has 2 atom stereocenters. The molecule has 4 amide bonds. The molecule has 0 radical (unpaired) electrons. The molecule has 0 saturated heterocycles. The van der Waals surface area contributed by atoms with Gasteiger partial charge in [0.2, 0.25) is 12.1 Å². The second-order valence-electron chi connectivity index (χ2n) is 13.6. The summed E-state index contributed by atoms with van der Waals surface area (Å²) in [4.78, 5) is 78.3. The van der Waals surface area contributed by atoms with Crippen LogP contribution < -0.4 is 30.7 Å². The lowest BCUT2D eigenvalue weighted by Gasteiger charge is -2.18. The Balaban J connectivity index is 1.29. The third-order valence-electron chi connectivity index (χ3n) is 8.99. The van der Waals surface area contributed by atoms with Gasteiger partial charge in [-0.3, -0.25) is 28.8 Å². The maximum atomic E-state index is 13.5. The number of nitrogens with one attached hydrogen (secondary N) is 4. The highest BCUT2D eigenvalue weighted by molar-refractivity contribution is 6.35. The van der Waals surface area contributed by atoms with E-state index >= 15 is 0 Å². The fourth-order valence-electron chi connectivity index (χ4n) is 5.65. The van der Waals surface area contributed by atoms with Crippen LogP contribution in [0.3, 0.4) is 0 Å². The maximum Gasteiger partial charge on any atom is 0.259 e. The summed E-state index contributed by atoms with van der Waals surface area (Å²) in [7, 11) is 2.57.